The standard InChI is InChI=1S/C11H14N2O6S/c1-13(6-10(14)15)20(17,18)7-3-4-9(19-2)8(5-7)11(12)16/h3-5H,6H2,1-2H3,(H2,12,16)(H,14,15). The van der Waals surface area contributed by atoms with Crippen LogP contribution in [0.15, 0.2) is 23.1 Å². The second-order valence-corrected chi connectivity index (χ2v) is 5.93. The lowest BCUT2D eigenvalue weighted by molar-refractivity contribution is -0.137. The van der Waals surface area contributed by atoms with Crippen LogP contribution in [0.25, 0.3) is 0 Å². The molecule has 8 nitrogen and oxygen atoms in total. The third-order valence-corrected chi connectivity index (χ3v) is 4.30. The first-order valence-corrected chi connectivity index (χ1v) is 6.80. The molecule has 0 saturated carbocycles. The van der Waals surface area contributed by atoms with Crippen molar-refractivity contribution in [2.75, 3.05) is 20.7 Å². The lowest BCUT2D eigenvalue weighted by Gasteiger charge is -2.16. The number of amides is 1. The fourth-order valence-electron chi connectivity index (χ4n) is 1.50. The highest BCUT2D eigenvalue weighted by molar-refractivity contribution is 7.89. The third kappa shape index (κ3) is 3.25. The maximum Gasteiger partial charge on any atom is 0.318 e. The van der Waals surface area contributed by atoms with Crippen LogP contribution in [-0.2, 0) is 14.8 Å². The van der Waals surface area contributed by atoms with Crippen LogP contribution in [0.4, 0.5) is 0 Å². The highest BCUT2D eigenvalue weighted by Gasteiger charge is 2.24. The quantitative estimate of drug-likeness (QED) is 0.729. The van der Waals surface area contributed by atoms with E-state index < -0.39 is 28.4 Å². The van der Waals surface area contributed by atoms with E-state index in [9.17, 15) is 18.0 Å². The van der Waals surface area contributed by atoms with Crippen LogP contribution in [0.5, 0.6) is 5.75 Å². The van der Waals surface area contributed by atoms with Gasteiger partial charge in [-0.3, -0.25) is 9.59 Å². The molecule has 0 saturated heterocycles. The van der Waals surface area contributed by atoms with Gasteiger partial charge in [0.25, 0.3) is 5.91 Å². The average Bonchev–Trinajstić information content (AvgIpc) is 2.36. The monoisotopic (exact) mass is 302 g/mol. The van der Waals surface area contributed by atoms with Crippen molar-refractivity contribution in [3.63, 3.8) is 0 Å². The minimum absolute atomic E-state index is 0.0997. The molecule has 0 heterocycles. The number of hydrogen-bond donors (Lipinski definition) is 2. The molecule has 110 valence electrons. The molecule has 0 radical (unpaired) electrons. The van der Waals surface area contributed by atoms with Crippen molar-refractivity contribution >= 4 is 21.9 Å². The zero-order chi connectivity index (χ0) is 15.5. The van der Waals surface area contributed by atoms with Gasteiger partial charge in [0, 0.05) is 7.05 Å². The van der Waals surface area contributed by atoms with Crippen molar-refractivity contribution in [1.29, 1.82) is 0 Å². The van der Waals surface area contributed by atoms with E-state index in [-0.39, 0.29) is 16.2 Å². The molecular formula is C11H14N2O6S. The highest BCUT2D eigenvalue weighted by Crippen LogP contribution is 2.23. The van der Waals surface area contributed by atoms with Crippen molar-refractivity contribution in [2.24, 2.45) is 5.73 Å². The third-order valence-electron chi connectivity index (χ3n) is 2.50. The fraction of sp³-hybridized carbons (Fsp3) is 0.273. The number of likely N-dealkylation sites (N-methyl/N-ethyl adjacent to an activating group) is 1. The number of carbonyl (C=O) groups is 2. The lowest BCUT2D eigenvalue weighted by Crippen LogP contribution is -2.32. The Bertz CT molecular complexity index is 640. The van der Waals surface area contributed by atoms with Crippen molar-refractivity contribution in [2.45, 2.75) is 4.90 Å². The van der Waals surface area contributed by atoms with E-state index in [0.29, 0.717) is 4.31 Å². The number of ether oxygens (including phenoxy) is 1. The number of methoxy groups -OCH3 is 1. The first-order chi connectivity index (χ1) is 9.20. The SMILES string of the molecule is COc1ccc(S(=O)(=O)N(C)CC(=O)O)cc1C(N)=O. The summed E-state index contributed by atoms with van der Waals surface area (Å²) in [4.78, 5) is 21.6. The predicted octanol–water partition coefficient (Wildman–Crippen LogP) is -0.501. The second-order valence-electron chi connectivity index (χ2n) is 3.88. The Labute approximate surface area is 115 Å². The van der Waals surface area contributed by atoms with Gasteiger partial charge in [-0.1, -0.05) is 0 Å². The zero-order valence-electron chi connectivity index (χ0n) is 10.9. The molecule has 0 bridgehead atoms. The maximum atomic E-state index is 12.1. The molecule has 0 aliphatic rings. The summed E-state index contributed by atoms with van der Waals surface area (Å²) in [5, 5.41) is 8.62. The summed E-state index contributed by atoms with van der Waals surface area (Å²) in [6, 6.07) is 3.54. The molecule has 0 spiro atoms. The molecule has 0 atom stereocenters. The van der Waals surface area contributed by atoms with E-state index in [4.69, 9.17) is 15.6 Å². The topological polar surface area (TPSA) is 127 Å². The van der Waals surface area contributed by atoms with Gasteiger partial charge in [0.2, 0.25) is 10.0 Å². The average molecular weight is 302 g/mol. The lowest BCUT2D eigenvalue weighted by atomic mass is 10.2. The maximum absolute atomic E-state index is 12.1. The largest absolute Gasteiger partial charge is 0.496 e. The summed E-state index contributed by atoms with van der Waals surface area (Å²) in [6.45, 7) is -0.694. The predicted molar refractivity (Wildman–Crippen MR) is 69.0 cm³/mol. The number of carbonyl (C=O) groups excluding carboxylic acids is 1. The number of carboxylic acids is 1. The Morgan fingerprint density at radius 2 is 2.00 bits per heavy atom. The Morgan fingerprint density at radius 1 is 1.40 bits per heavy atom. The number of nitrogens with zero attached hydrogens (tertiary/aromatic N) is 1. The molecule has 20 heavy (non-hydrogen) atoms. The Morgan fingerprint density at radius 3 is 2.45 bits per heavy atom. The summed E-state index contributed by atoms with van der Waals surface area (Å²) in [5.41, 5.74) is 5.04. The van der Waals surface area contributed by atoms with Crippen LogP contribution in [0.1, 0.15) is 10.4 Å². The summed E-state index contributed by atoms with van der Waals surface area (Å²) in [6.07, 6.45) is 0. The molecule has 0 fully saturated rings. The highest BCUT2D eigenvalue weighted by atomic mass is 32.2. The van der Waals surface area contributed by atoms with Crippen LogP contribution in [-0.4, -0.2) is 50.4 Å². The van der Waals surface area contributed by atoms with Gasteiger partial charge in [-0.05, 0) is 18.2 Å². The molecule has 0 aliphatic carbocycles. The number of hydrogen-bond acceptors (Lipinski definition) is 5. The van der Waals surface area contributed by atoms with Gasteiger partial charge in [0.1, 0.15) is 12.3 Å². The molecule has 1 aromatic rings. The van der Waals surface area contributed by atoms with Gasteiger partial charge in [-0.15, -0.1) is 0 Å². The van der Waals surface area contributed by atoms with Crippen LogP contribution < -0.4 is 10.5 Å². The van der Waals surface area contributed by atoms with Crippen LogP contribution in [0, 0.1) is 0 Å². The van der Waals surface area contributed by atoms with Crippen LogP contribution in [0.2, 0.25) is 0 Å². The summed E-state index contributed by atoms with van der Waals surface area (Å²) in [5.74, 6) is -2.00. The van der Waals surface area contributed by atoms with E-state index in [1.807, 2.05) is 0 Å². The molecule has 0 aromatic heterocycles. The summed E-state index contributed by atoms with van der Waals surface area (Å²) < 4.78 is 29.8. The van der Waals surface area contributed by atoms with Gasteiger partial charge in [-0.25, -0.2) is 8.42 Å². The molecule has 3 N–H and O–H groups in total. The Balaban J connectivity index is 3.29. The van der Waals surface area contributed by atoms with Gasteiger partial charge in [0.15, 0.2) is 0 Å². The van der Waals surface area contributed by atoms with Crippen LogP contribution >= 0.6 is 0 Å². The molecule has 1 rings (SSSR count). The van der Waals surface area contributed by atoms with Gasteiger partial charge in [0.05, 0.1) is 17.6 Å². The van der Waals surface area contributed by atoms with E-state index >= 15 is 0 Å². The molecule has 0 unspecified atom stereocenters. The van der Waals surface area contributed by atoms with Crippen molar-refractivity contribution in [1.82, 2.24) is 4.31 Å². The number of benzene rings is 1. The van der Waals surface area contributed by atoms with Crippen molar-refractivity contribution in [3.05, 3.63) is 23.8 Å². The van der Waals surface area contributed by atoms with Gasteiger partial charge < -0.3 is 15.6 Å². The van der Waals surface area contributed by atoms with Gasteiger partial charge in [-0.2, -0.15) is 4.31 Å². The summed E-state index contributed by atoms with van der Waals surface area (Å²) in [7, 11) is -1.59. The molecule has 0 aliphatic heterocycles. The van der Waals surface area contributed by atoms with E-state index in [1.54, 1.807) is 0 Å². The van der Waals surface area contributed by atoms with E-state index in [1.165, 1.54) is 19.2 Å². The number of sulfonamides is 1. The number of rotatable bonds is 6. The Hall–Kier alpha value is -2.13. The zero-order valence-corrected chi connectivity index (χ0v) is 11.7. The number of nitrogens with two attached hydrogens (primary N) is 1. The second kappa shape index (κ2) is 5.88. The minimum Gasteiger partial charge on any atom is -0.496 e. The summed E-state index contributed by atoms with van der Waals surface area (Å²) >= 11 is 0. The molecule has 9 heteroatoms. The van der Waals surface area contributed by atoms with Crippen LogP contribution in [0.3, 0.4) is 0 Å². The first-order valence-electron chi connectivity index (χ1n) is 5.36. The number of primary amides is 1. The number of aliphatic carboxylic acids is 1. The molecule has 1 aromatic carbocycles. The smallest absolute Gasteiger partial charge is 0.318 e. The van der Waals surface area contributed by atoms with Crippen molar-refractivity contribution < 1.29 is 27.9 Å². The van der Waals surface area contributed by atoms with Gasteiger partial charge >= 0.3 is 5.97 Å². The Kier molecular flexibility index (Phi) is 4.69. The first kappa shape index (κ1) is 15.9. The van der Waals surface area contributed by atoms with E-state index in [0.717, 1.165) is 13.1 Å². The molecular weight excluding hydrogens is 288 g/mol. The van der Waals surface area contributed by atoms with Crippen molar-refractivity contribution in [3.8, 4) is 5.75 Å². The normalized spacial score (nSPS) is 11.3. The minimum atomic E-state index is -4.03. The molecule has 1 amide bonds. The van der Waals surface area contributed by atoms with E-state index in [2.05, 4.69) is 0 Å². The fourth-order valence-corrected chi connectivity index (χ4v) is 2.64. The number of carboxylic acid groups (broad SMARTS) is 1.